The molecule has 0 spiro atoms. The van der Waals surface area contributed by atoms with Gasteiger partial charge in [-0.25, -0.2) is 4.79 Å². The number of carbonyl (C=O) groups excluding carboxylic acids is 1. The summed E-state index contributed by atoms with van der Waals surface area (Å²) in [6, 6.07) is 0. The summed E-state index contributed by atoms with van der Waals surface area (Å²) in [6.07, 6.45) is -2.24. The first kappa shape index (κ1) is 20.1. The number of hydrogen-bond acceptors (Lipinski definition) is 7. The highest BCUT2D eigenvalue weighted by Gasteiger charge is 2.82. The van der Waals surface area contributed by atoms with Crippen LogP contribution in [0.2, 0.25) is 0 Å². The Kier molecular flexibility index (Phi) is 4.53. The number of aliphatic hydroxyl groups is 4. The number of carboxylic acid groups (broad SMARTS) is 1. The standard InChI is InChI=1S/C17H28O8/c1-8-6-10(25-9(2)19)11-14(3,4)12(20)15(5,7-18)17(11,24)16(8,23)13(21)22/h8,10-12,18,20,23-24H,6-7H2,1-5H3,(H,21,22)/t8-,10+,11+,12?,15?,16?,17-/m1/s1. The molecule has 5 N–H and O–H groups in total. The summed E-state index contributed by atoms with van der Waals surface area (Å²) in [5, 5.41) is 53.3. The van der Waals surface area contributed by atoms with E-state index in [0.717, 1.165) is 0 Å². The summed E-state index contributed by atoms with van der Waals surface area (Å²) in [4.78, 5) is 23.5. The van der Waals surface area contributed by atoms with Gasteiger partial charge in [0.1, 0.15) is 11.7 Å². The fourth-order valence-corrected chi connectivity index (χ4v) is 5.45. The molecule has 3 unspecified atom stereocenters. The van der Waals surface area contributed by atoms with E-state index in [4.69, 9.17) is 4.74 Å². The van der Waals surface area contributed by atoms with Crippen LogP contribution in [0.5, 0.6) is 0 Å². The Morgan fingerprint density at radius 1 is 1.20 bits per heavy atom. The summed E-state index contributed by atoms with van der Waals surface area (Å²) in [5.41, 5.74) is -7.90. The molecule has 2 saturated carbocycles. The number of rotatable bonds is 3. The zero-order valence-corrected chi connectivity index (χ0v) is 15.2. The van der Waals surface area contributed by atoms with Crippen molar-refractivity contribution in [1.29, 1.82) is 0 Å². The number of fused-ring (bicyclic) bond motifs is 1. The third kappa shape index (κ3) is 2.14. The van der Waals surface area contributed by atoms with Gasteiger partial charge in [0.15, 0.2) is 5.60 Å². The minimum absolute atomic E-state index is 0.00696. The van der Waals surface area contributed by atoms with Gasteiger partial charge in [0.2, 0.25) is 0 Å². The summed E-state index contributed by atoms with van der Waals surface area (Å²) in [7, 11) is 0. The van der Waals surface area contributed by atoms with Crippen LogP contribution in [0, 0.1) is 22.7 Å². The van der Waals surface area contributed by atoms with Crippen LogP contribution in [0.3, 0.4) is 0 Å². The Balaban J connectivity index is 2.81. The summed E-state index contributed by atoms with van der Waals surface area (Å²) in [6.45, 7) is 6.43. The molecule has 2 aliphatic rings. The molecule has 7 atom stereocenters. The number of carboxylic acids is 1. The van der Waals surface area contributed by atoms with E-state index >= 15 is 0 Å². The Labute approximate surface area is 146 Å². The van der Waals surface area contributed by atoms with E-state index in [1.807, 2.05) is 0 Å². The smallest absolute Gasteiger partial charge is 0.339 e. The Morgan fingerprint density at radius 3 is 2.12 bits per heavy atom. The van der Waals surface area contributed by atoms with Gasteiger partial charge in [-0.15, -0.1) is 0 Å². The molecule has 0 aromatic heterocycles. The van der Waals surface area contributed by atoms with E-state index in [1.54, 1.807) is 13.8 Å². The molecular formula is C17H28O8. The van der Waals surface area contributed by atoms with E-state index in [9.17, 15) is 35.1 Å². The van der Waals surface area contributed by atoms with Crippen LogP contribution in [-0.4, -0.2) is 67.5 Å². The van der Waals surface area contributed by atoms with Crippen LogP contribution < -0.4 is 0 Å². The highest BCUT2D eigenvalue weighted by atomic mass is 16.5. The lowest BCUT2D eigenvalue weighted by Crippen LogP contribution is -2.76. The molecule has 0 aliphatic heterocycles. The molecule has 0 radical (unpaired) electrons. The average molecular weight is 360 g/mol. The Hall–Kier alpha value is -1.22. The highest BCUT2D eigenvalue weighted by Crippen LogP contribution is 2.67. The summed E-state index contributed by atoms with van der Waals surface area (Å²) < 4.78 is 5.34. The molecule has 0 amide bonds. The highest BCUT2D eigenvalue weighted by molar-refractivity contribution is 5.81. The quantitative estimate of drug-likeness (QED) is 0.424. The van der Waals surface area contributed by atoms with Crippen molar-refractivity contribution in [2.45, 2.75) is 64.4 Å². The van der Waals surface area contributed by atoms with Gasteiger partial charge < -0.3 is 30.3 Å². The molecule has 2 fully saturated rings. The van der Waals surface area contributed by atoms with Crippen LogP contribution >= 0.6 is 0 Å². The SMILES string of the molecule is CC(=O)O[C@H]1C[C@@H](C)C(O)(C(=O)O)[C@@]2(O)[C@@H]1C(C)(C)C(O)C2(C)CO. The second-order valence-electron chi connectivity index (χ2n) is 8.40. The summed E-state index contributed by atoms with van der Waals surface area (Å²) in [5.74, 6) is -4.32. The van der Waals surface area contributed by atoms with Crippen LogP contribution in [0.4, 0.5) is 0 Å². The molecule has 25 heavy (non-hydrogen) atoms. The topological polar surface area (TPSA) is 145 Å². The minimum Gasteiger partial charge on any atom is -0.479 e. The number of carbonyl (C=O) groups is 2. The van der Waals surface area contributed by atoms with E-state index in [1.165, 1.54) is 20.8 Å². The second-order valence-corrected chi connectivity index (χ2v) is 8.40. The monoisotopic (exact) mass is 360 g/mol. The van der Waals surface area contributed by atoms with Crippen LogP contribution in [0.25, 0.3) is 0 Å². The molecule has 8 nitrogen and oxygen atoms in total. The first-order valence-electron chi connectivity index (χ1n) is 8.37. The average Bonchev–Trinajstić information content (AvgIpc) is 2.61. The fourth-order valence-electron chi connectivity index (χ4n) is 5.45. The maximum atomic E-state index is 12.0. The third-order valence-electron chi connectivity index (χ3n) is 6.65. The zero-order valence-electron chi connectivity index (χ0n) is 15.2. The molecule has 8 heteroatoms. The van der Waals surface area contributed by atoms with Gasteiger partial charge in [-0.1, -0.05) is 27.7 Å². The van der Waals surface area contributed by atoms with Gasteiger partial charge in [-0.2, -0.15) is 0 Å². The number of esters is 1. The number of aliphatic carboxylic acids is 1. The van der Waals surface area contributed by atoms with Gasteiger partial charge in [0.25, 0.3) is 0 Å². The maximum Gasteiger partial charge on any atom is 0.339 e. The largest absolute Gasteiger partial charge is 0.479 e. The van der Waals surface area contributed by atoms with Crippen molar-refractivity contribution in [2.24, 2.45) is 22.7 Å². The van der Waals surface area contributed by atoms with E-state index in [2.05, 4.69) is 0 Å². The first-order valence-corrected chi connectivity index (χ1v) is 8.37. The number of aliphatic hydroxyl groups excluding tert-OH is 2. The number of ether oxygens (including phenoxy) is 1. The zero-order chi connectivity index (χ0) is 19.6. The van der Waals surface area contributed by atoms with E-state index in [0.29, 0.717) is 0 Å². The van der Waals surface area contributed by atoms with Crippen LogP contribution in [0.15, 0.2) is 0 Å². The fraction of sp³-hybridized carbons (Fsp3) is 0.882. The molecule has 0 bridgehead atoms. The van der Waals surface area contributed by atoms with E-state index < -0.39 is 64.6 Å². The van der Waals surface area contributed by atoms with Crippen molar-refractivity contribution >= 4 is 11.9 Å². The lowest BCUT2D eigenvalue weighted by atomic mass is 9.53. The minimum atomic E-state index is -2.62. The normalized spacial score (nSPS) is 48.7. The first-order chi connectivity index (χ1) is 11.2. The number of hydrogen-bond donors (Lipinski definition) is 5. The third-order valence-corrected chi connectivity index (χ3v) is 6.65. The second kappa shape index (κ2) is 5.64. The van der Waals surface area contributed by atoms with Gasteiger partial charge >= 0.3 is 11.9 Å². The van der Waals surface area contributed by atoms with Gasteiger partial charge in [0.05, 0.1) is 12.7 Å². The molecule has 0 aromatic rings. The predicted molar refractivity (Wildman–Crippen MR) is 85.3 cm³/mol. The van der Waals surface area contributed by atoms with Crippen molar-refractivity contribution < 1.29 is 39.9 Å². The lowest BCUT2D eigenvalue weighted by molar-refractivity contribution is -0.286. The van der Waals surface area contributed by atoms with Gasteiger partial charge in [-0.05, 0) is 6.42 Å². The van der Waals surface area contributed by atoms with Crippen LogP contribution in [-0.2, 0) is 14.3 Å². The molecular weight excluding hydrogens is 332 g/mol. The van der Waals surface area contributed by atoms with Crippen molar-refractivity contribution in [3.63, 3.8) is 0 Å². The molecule has 0 heterocycles. The van der Waals surface area contributed by atoms with Gasteiger partial charge in [-0.3, -0.25) is 4.79 Å². The molecule has 0 saturated heterocycles. The summed E-state index contributed by atoms with van der Waals surface area (Å²) >= 11 is 0. The molecule has 2 rings (SSSR count). The Bertz CT molecular complexity index is 589. The van der Waals surface area contributed by atoms with Crippen LogP contribution in [0.1, 0.15) is 41.0 Å². The molecule has 2 aliphatic carbocycles. The molecule has 144 valence electrons. The lowest BCUT2D eigenvalue weighted by Gasteiger charge is -2.57. The van der Waals surface area contributed by atoms with Crippen molar-refractivity contribution in [3.8, 4) is 0 Å². The van der Waals surface area contributed by atoms with Crippen molar-refractivity contribution in [2.75, 3.05) is 6.61 Å². The van der Waals surface area contributed by atoms with Gasteiger partial charge in [0, 0.05) is 29.6 Å². The van der Waals surface area contributed by atoms with Crippen molar-refractivity contribution in [3.05, 3.63) is 0 Å². The molecule has 0 aromatic carbocycles. The van der Waals surface area contributed by atoms with Crippen molar-refractivity contribution in [1.82, 2.24) is 0 Å². The maximum absolute atomic E-state index is 12.0. The Morgan fingerprint density at radius 2 is 1.72 bits per heavy atom. The van der Waals surface area contributed by atoms with E-state index in [-0.39, 0.29) is 6.42 Å². The predicted octanol–water partition coefficient (Wildman–Crippen LogP) is -0.480.